The van der Waals surface area contributed by atoms with Gasteiger partial charge in [0, 0.05) is 18.4 Å². The van der Waals surface area contributed by atoms with Crippen LogP contribution in [0.15, 0.2) is 54.7 Å². The Balaban J connectivity index is 1.22. The number of benzene rings is 2. The summed E-state index contributed by atoms with van der Waals surface area (Å²) in [6.07, 6.45) is 8.94. The Hall–Kier alpha value is -3.87. The second-order valence-electron chi connectivity index (χ2n) is 11.4. The number of nitrogens with one attached hydrogen (secondary N) is 2. The summed E-state index contributed by atoms with van der Waals surface area (Å²) in [7, 11) is 1.31. The van der Waals surface area contributed by atoms with Crippen molar-refractivity contribution in [3.05, 3.63) is 77.3 Å². The second kappa shape index (κ2) is 10.0. The van der Waals surface area contributed by atoms with Crippen LogP contribution in [0.5, 0.6) is 0 Å². The molecule has 7 heteroatoms. The molecular formula is C32H36N4O3. The Morgan fingerprint density at radius 1 is 1.05 bits per heavy atom. The summed E-state index contributed by atoms with van der Waals surface area (Å²) >= 11 is 0. The highest BCUT2D eigenvalue weighted by Gasteiger charge is 2.38. The maximum absolute atomic E-state index is 13.4. The second-order valence-corrected chi connectivity index (χ2v) is 11.4. The lowest BCUT2D eigenvalue weighted by atomic mass is 9.86. The summed E-state index contributed by atoms with van der Waals surface area (Å²) in [5.41, 5.74) is 9.00. The third-order valence-electron chi connectivity index (χ3n) is 8.68. The number of methoxy groups -OCH3 is 1. The smallest absolute Gasteiger partial charge is 0.407 e. The van der Waals surface area contributed by atoms with E-state index in [1.165, 1.54) is 41.3 Å². The first-order chi connectivity index (χ1) is 18.9. The van der Waals surface area contributed by atoms with Crippen LogP contribution >= 0.6 is 0 Å². The average Bonchev–Trinajstić information content (AvgIpc) is 3.75. The molecule has 3 aromatic rings. The van der Waals surface area contributed by atoms with Crippen molar-refractivity contribution >= 4 is 12.0 Å². The number of fused-ring (bicyclic) bond motifs is 5. The van der Waals surface area contributed by atoms with Crippen LogP contribution in [0, 0.1) is 12.8 Å². The number of allylic oxidation sites excluding steroid dienone is 2. The number of alkyl carbamates (subject to hydrolysis) is 1. The Kier molecular flexibility index (Phi) is 6.53. The number of H-pyrrole nitrogens is 1. The van der Waals surface area contributed by atoms with Gasteiger partial charge in [-0.25, -0.2) is 9.78 Å². The molecule has 7 nitrogen and oxygen atoms in total. The molecule has 2 amide bonds. The Bertz CT molecular complexity index is 1440. The third kappa shape index (κ3) is 4.44. The van der Waals surface area contributed by atoms with E-state index in [4.69, 9.17) is 4.74 Å². The monoisotopic (exact) mass is 524 g/mol. The van der Waals surface area contributed by atoms with Gasteiger partial charge in [0.15, 0.2) is 0 Å². The number of ether oxygens (including phenoxy) is 1. The fraction of sp³-hybridized carbons (Fsp3) is 0.406. The molecule has 39 heavy (non-hydrogen) atoms. The van der Waals surface area contributed by atoms with E-state index in [2.05, 4.69) is 70.8 Å². The molecule has 2 aliphatic carbocycles. The van der Waals surface area contributed by atoms with Crippen LogP contribution in [0.25, 0.3) is 22.4 Å². The van der Waals surface area contributed by atoms with Crippen molar-refractivity contribution in [2.45, 2.75) is 64.0 Å². The highest BCUT2D eigenvalue weighted by Crippen LogP contribution is 2.52. The number of aryl methyl sites for hydroxylation is 1. The van der Waals surface area contributed by atoms with Crippen LogP contribution in [-0.2, 0) is 9.53 Å². The van der Waals surface area contributed by atoms with Crippen molar-refractivity contribution in [3.8, 4) is 22.4 Å². The number of hydrogen-bond donors (Lipinski definition) is 2. The maximum atomic E-state index is 13.4. The molecule has 1 fully saturated rings. The minimum absolute atomic E-state index is 0.0653. The topological polar surface area (TPSA) is 87.3 Å². The minimum atomic E-state index is -0.644. The van der Waals surface area contributed by atoms with Crippen LogP contribution in [-0.4, -0.2) is 46.6 Å². The number of aromatic amines is 1. The number of carbonyl (C=O) groups is 2. The van der Waals surface area contributed by atoms with E-state index in [1.807, 2.05) is 24.9 Å². The van der Waals surface area contributed by atoms with Gasteiger partial charge in [-0.1, -0.05) is 62.4 Å². The molecule has 1 aliphatic heterocycles. The fourth-order valence-electron chi connectivity index (χ4n) is 6.69. The molecule has 4 atom stereocenters. The van der Waals surface area contributed by atoms with E-state index in [0.29, 0.717) is 18.4 Å². The molecule has 2 heterocycles. The van der Waals surface area contributed by atoms with Gasteiger partial charge in [-0.3, -0.25) is 4.79 Å². The van der Waals surface area contributed by atoms with Crippen LogP contribution < -0.4 is 5.32 Å². The zero-order valence-electron chi connectivity index (χ0n) is 23.0. The van der Waals surface area contributed by atoms with Gasteiger partial charge in [0.05, 0.1) is 25.0 Å². The summed E-state index contributed by atoms with van der Waals surface area (Å²) < 4.78 is 4.74. The molecule has 0 spiro atoms. The van der Waals surface area contributed by atoms with E-state index in [-0.39, 0.29) is 17.9 Å². The number of rotatable bonds is 6. The van der Waals surface area contributed by atoms with E-state index >= 15 is 0 Å². The zero-order chi connectivity index (χ0) is 27.3. The highest BCUT2D eigenvalue weighted by atomic mass is 16.5. The van der Waals surface area contributed by atoms with Crippen LogP contribution in [0.2, 0.25) is 0 Å². The predicted octanol–water partition coefficient (Wildman–Crippen LogP) is 6.24. The van der Waals surface area contributed by atoms with Crippen molar-refractivity contribution in [2.75, 3.05) is 13.7 Å². The van der Waals surface area contributed by atoms with E-state index < -0.39 is 12.1 Å². The molecule has 1 saturated heterocycles. The van der Waals surface area contributed by atoms with Gasteiger partial charge < -0.3 is 19.9 Å². The van der Waals surface area contributed by atoms with Gasteiger partial charge in [-0.15, -0.1) is 0 Å². The molecule has 1 aromatic heterocycles. The quantitative estimate of drug-likeness (QED) is 0.374. The third-order valence-corrected chi connectivity index (χ3v) is 8.68. The van der Waals surface area contributed by atoms with Gasteiger partial charge in [0.2, 0.25) is 5.91 Å². The van der Waals surface area contributed by atoms with Crippen molar-refractivity contribution < 1.29 is 14.3 Å². The van der Waals surface area contributed by atoms with Gasteiger partial charge in [-0.05, 0) is 65.5 Å². The molecule has 2 unspecified atom stereocenters. The van der Waals surface area contributed by atoms with Gasteiger partial charge in [0.1, 0.15) is 11.9 Å². The average molecular weight is 525 g/mol. The summed E-state index contributed by atoms with van der Waals surface area (Å²) in [6, 6.07) is 12.4. The first-order valence-electron chi connectivity index (χ1n) is 14.0. The lowest BCUT2D eigenvalue weighted by Gasteiger charge is -2.30. The lowest BCUT2D eigenvalue weighted by Crippen LogP contribution is -2.51. The standard InChI is InChI=1S/C32H36N4O3/c1-18(2)29(35-32(38)39-4)31(37)36-15-5-6-26(36)30-33-17-25(34-30)21-10-8-20(9-11-21)24-14-7-19(3)27-22-12-13-23(16-22)28(24)27/h7-14,17-18,22-23,26,29H,5-6,15-16H2,1-4H3,(H,33,34)(H,35,38)/t22?,23?,26-,29-/m0/s1. The molecule has 0 radical (unpaired) electrons. The molecule has 2 aromatic carbocycles. The Morgan fingerprint density at radius 3 is 2.49 bits per heavy atom. The van der Waals surface area contributed by atoms with Crippen molar-refractivity contribution in [3.63, 3.8) is 0 Å². The number of carbonyl (C=O) groups excluding carboxylic acids is 2. The van der Waals surface area contributed by atoms with Gasteiger partial charge in [-0.2, -0.15) is 0 Å². The largest absolute Gasteiger partial charge is 0.453 e. The summed E-state index contributed by atoms with van der Waals surface area (Å²) in [5.74, 6) is 1.71. The molecule has 3 aliphatic rings. The zero-order valence-corrected chi connectivity index (χ0v) is 23.0. The molecule has 2 N–H and O–H groups in total. The van der Waals surface area contributed by atoms with E-state index in [9.17, 15) is 9.59 Å². The number of hydrogen-bond acceptors (Lipinski definition) is 4. The van der Waals surface area contributed by atoms with Gasteiger partial charge >= 0.3 is 6.09 Å². The maximum Gasteiger partial charge on any atom is 0.407 e. The lowest BCUT2D eigenvalue weighted by molar-refractivity contribution is -0.135. The van der Waals surface area contributed by atoms with Crippen molar-refractivity contribution in [1.82, 2.24) is 20.2 Å². The number of likely N-dealkylation sites (tertiary alicyclic amines) is 1. The molecule has 6 rings (SSSR count). The number of amides is 2. The first kappa shape index (κ1) is 25.4. The molecule has 2 bridgehead atoms. The number of nitrogens with zero attached hydrogens (tertiary/aromatic N) is 2. The summed E-state index contributed by atoms with van der Waals surface area (Å²) in [5, 5.41) is 2.71. The molecule has 0 saturated carbocycles. The van der Waals surface area contributed by atoms with Crippen LogP contribution in [0.3, 0.4) is 0 Å². The van der Waals surface area contributed by atoms with E-state index in [0.717, 1.165) is 29.9 Å². The molecular weight excluding hydrogens is 488 g/mol. The minimum Gasteiger partial charge on any atom is -0.453 e. The van der Waals surface area contributed by atoms with Crippen molar-refractivity contribution in [1.29, 1.82) is 0 Å². The number of imidazole rings is 1. The van der Waals surface area contributed by atoms with Gasteiger partial charge in [0.25, 0.3) is 0 Å². The van der Waals surface area contributed by atoms with E-state index in [1.54, 1.807) is 0 Å². The first-order valence-corrected chi connectivity index (χ1v) is 14.0. The Labute approximate surface area is 229 Å². The molecule has 202 valence electrons. The normalized spacial score (nSPS) is 21.9. The Morgan fingerprint density at radius 2 is 1.77 bits per heavy atom. The summed E-state index contributed by atoms with van der Waals surface area (Å²) in [4.78, 5) is 35.3. The van der Waals surface area contributed by atoms with Crippen LogP contribution in [0.1, 0.15) is 73.5 Å². The van der Waals surface area contributed by atoms with Crippen LogP contribution in [0.4, 0.5) is 4.79 Å². The van der Waals surface area contributed by atoms with Crippen molar-refractivity contribution in [2.24, 2.45) is 5.92 Å². The highest BCUT2D eigenvalue weighted by molar-refractivity contribution is 5.86. The summed E-state index contributed by atoms with van der Waals surface area (Å²) in [6.45, 7) is 6.71. The predicted molar refractivity (Wildman–Crippen MR) is 151 cm³/mol. The number of aromatic nitrogens is 2. The SMILES string of the molecule is COC(=O)N[C@H](C(=O)N1CCC[C@H]1c1ncc(-c2ccc(-c3ccc(C)c4c3C3C=CC4C3)cc2)[nH]1)C(C)C. The fourth-order valence-corrected chi connectivity index (χ4v) is 6.69.